The van der Waals surface area contributed by atoms with E-state index >= 15 is 0 Å². The van der Waals surface area contributed by atoms with Crippen LogP contribution in [0, 0.1) is 12.7 Å². The van der Waals surface area contributed by atoms with Gasteiger partial charge in [-0.1, -0.05) is 12.1 Å². The molecule has 0 spiro atoms. The molecule has 0 aliphatic carbocycles. The number of carbonyl (C=O) groups excluding carboxylic acids is 1. The van der Waals surface area contributed by atoms with Gasteiger partial charge in [0.25, 0.3) is 5.91 Å². The van der Waals surface area contributed by atoms with Crippen LogP contribution >= 0.6 is 0 Å². The number of rotatable bonds is 4. The Bertz CT molecular complexity index is 1100. The number of carbonyl (C=O) groups is 1. The highest BCUT2D eigenvalue weighted by Gasteiger charge is 2.27. The predicted molar refractivity (Wildman–Crippen MR) is 118 cm³/mol. The third kappa shape index (κ3) is 4.24. The van der Waals surface area contributed by atoms with Crippen molar-refractivity contribution in [2.45, 2.75) is 51.2 Å². The van der Waals surface area contributed by atoms with Crippen LogP contribution < -0.4 is 4.74 Å². The number of aromatic nitrogens is 3. The average Bonchev–Trinajstić information content (AvgIpc) is 3.21. The number of likely N-dealkylation sites (tertiary alicyclic amines) is 1. The van der Waals surface area contributed by atoms with E-state index < -0.39 is 0 Å². The summed E-state index contributed by atoms with van der Waals surface area (Å²) >= 11 is 0. The van der Waals surface area contributed by atoms with E-state index in [9.17, 15) is 9.18 Å². The Morgan fingerprint density at radius 3 is 2.62 bits per heavy atom. The number of ether oxygens (including phenoxy) is 1. The molecule has 1 amide bonds. The van der Waals surface area contributed by atoms with Crippen molar-refractivity contribution in [3.05, 3.63) is 77.1 Å². The van der Waals surface area contributed by atoms with E-state index in [0.29, 0.717) is 24.8 Å². The highest BCUT2D eigenvalue weighted by Crippen LogP contribution is 2.30. The van der Waals surface area contributed by atoms with E-state index in [4.69, 9.17) is 4.74 Å². The molecule has 3 aromatic rings. The number of benzene rings is 2. The van der Waals surface area contributed by atoms with Gasteiger partial charge in [-0.25, -0.2) is 4.39 Å². The van der Waals surface area contributed by atoms with Crippen LogP contribution in [-0.4, -0.2) is 44.8 Å². The lowest BCUT2D eigenvalue weighted by Crippen LogP contribution is -2.41. The third-order valence-corrected chi connectivity index (χ3v) is 6.58. The van der Waals surface area contributed by atoms with E-state index in [1.807, 2.05) is 24.0 Å². The lowest BCUT2D eigenvalue weighted by atomic mass is 9.90. The lowest BCUT2D eigenvalue weighted by Gasteiger charge is -2.32. The summed E-state index contributed by atoms with van der Waals surface area (Å²) in [6, 6.07) is 14.2. The van der Waals surface area contributed by atoms with Crippen LogP contribution in [-0.2, 0) is 13.0 Å². The lowest BCUT2D eigenvalue weighted by molar-refractivity contribution is 0.0595. The van der Waals surface area contributed by atoms with Gasteiger partial charge in [-0.2, -0.15) is 0 Å². The fraction of sp³-hybridized carbons (Fsp3) is 0.400. The van der Waals surface area contributed by atoms with Gasteiger partial charge in [0.15, 0.2) is 0 Å². The second-order valence-corrected chi connectivity index (χ2v) is 8.70. The Morgan fingerprint density at radius 2 is 1.84 bits per heavy atom. The molecule has 0 bridgehead atoms. The highest BCUT2D eigenvalue weighted by atomic mass is 19.1. The number of amides is 1. The standard InChI is InChI=1S/C25H27FN4O2/c1-17-27-28-24-10-5-20(16-30(17)24)18-3-2-4-19(15-18)25(31)29-13-11-23(12-14-29)32-22-8-6-21(26)7-9-22/h2-4,6-9,15,20,23H,5,10-14,16H2,1H3/t20-/m0/s1. The molecule has 5 rings (SSSR count). The zero-order chi connectivity index (χ0) is 22.1. The number of fused-ring (bicyclic) bond motifs is 1. The van der Waals surface area contributed by atoms with Gasteiger partial charge >= 0.3 is 0 Å². The minimum Gasteiger partial charge on any atom is -0.490 e. The maximum atomic E-state index is 13.2. The van der Waals surface area contributed by atoms with Gasteiger partial charge in [-0.3, -0.25) is 4.79 Å². The predicted octanol–water partition coefficient (Wildman–Crippen LogP) is 4.14. The number of piperidine rings is 1. The topological polar surface area (TPSA) is 60.2 Å². The largest absolute Gasteiger partial charge is 0.490 e. The Morgan fingerprint density at radius 1 is 1.06 bits per heavy atom. The molecule has 0 radical (unpaired) electrons. The molecule has 7 heteroatoms. The van der Waals surface area contributed by atoms with Crippen molar-refractivity contribution in [3.8, 4) is 5.75 Å². The van der Waals surface area contributed by atoms with Gasteiger partial charge < -0.3 is 14.2 Å². The van der Waals surface area contributed by atoms with Crippen molar-refractivity contribution in [1.82, 2.24) is 19.7 Å². The molecule has 2 aliphatic heterocycles. The van der Waals surface area contributed by atoms with Crippen molar-refractivity contribution < 1.29 is 13.9 Å². The maximum Gasteiger partial charge on any atom is 0.253 e. The number of aryl methyl sites for hydroxylation is 2. The fourth-order valence-electron chi connectivity index (χ4n) is 4.72. The van der Waals surface area contributed by atoms with Crippen molar-refractivity contribution >= 4 is 5.91 Å². The van der Waals surface area contributed by atoms with Crippen molar-refractivity contribution in [2.75, 3.05) is 13.1 Å². The molecule has 1 fully saturated rings. The molecule has 0 unspecified atom stereocenters. The molecule has 6 nitrogen and oxygen atoms in total. The fourth-order valence-corrected chi connectivity index (χ4v) is 4.72. The summed E-state index contributed by atoms with van der Waals surface area (Å²) in [5.41, 5.74) is 1.94. The first-order valence-corrected chi connectivity index (χ1v) is 11.3. The van der Waals surface area contributed by atoms with Crippen molar-refractivity contribution in [1.29, 1.82) is 0 Å². The molecule has 0 N–H and O–H groups in total. The summed E-state index contributed by atoms with van der Waals surface area (Å²) < 4.78 is 21.2. The Hall–Kier alpha value is -3.22. The second-order valence-electron chi connectivity index (χ2n) is 8.70. The first kappa shape index (κ1) is 20.7. The van der Waals surface area contributed by atoms with Crippen LogP contribution in [0.1, 0.15) is 52.8 Å². The van der Waals surface area contributed by atoms with Crippen LogP contribution in [0.15, 0.2) is 48.5 Å². The van der Waals surface area contributed by atoms with Gasteiger partial charge in [-0.05, 0) is 55.3 Å². The molecule has 2 aliphatic rings. The zero-order valence-electron chi connectivity index (χ0n) is 18.2. The second kappa shape index (κ2) is 8.73. The molecular weight excluding hydrogens is 407 g/mol. The van der Waals surface area contributed by atoms with Crippen molar-refractivity contribution in [2.24, 2.45) is 0 Å². The molecule has 0 saturated carbocycles. The van der Waals surface area contributed by atoms with Gasteiger partial charge in [0.1, 0.15) is 29.3 Å². The zero-order valence-corrected chi connectivity index (χ0v) is 18.2. The number of hydrogen-bond acceptors (Lipinski definition) is 4. The summed E-state index contributed by atoms with van der Waals surface area (Å²) in [6.07, 6.45) is 3.49. The van der Waals surface area contributed by atoms with Gasteiger partial charge in [0.05, 0.1) is 0 Å². The van der Waals surface area contributed by atoms with Crippen LogP contribution in [0.3, 0.4) is 0 Å². The van der Waals surface area contributed by atoms with Crippen molar-refractivity contribution in [3.63, 3.8) is 0 Å². The number of nitrogens with zero attached hydrogens (tertiary/aromatic N) is 4. The van der Waals surface area contributed by atoms with Crippen LogP contribution in [0.2, 0.25) is 0 Å². The normalized spacial score (nSPS) is 18.9. The molecule has 2 aromatic carbocycles. The van der Waals surface area contributed by atoms with E-state index in [2.05, 4.69) is 26.9 Å². The molecule has 1 saturated heterocycles. The van der Waals surface area contributed by atoms with Crippen LogP contribution in [0.25, 0.3) is 0 Å². The maximum absolute atomic E-state index is 13.2. The molecule has 1 atom stereocenters. The molecule has 166 valence electrons. The third-order valence-electron chi connectivity index (χ3n) is 6.58. The molecule has 1 aromatic heterocycles. The summed E-state index contributed by atoms with van der Waals surface area (Å²) in [5.74, 6) is 2.83. The minimum atomic E-state index is -0.273. The summed E-state index contributed by atoms with van der Waals surface area (Å²) in [7, 11) is 0. The molecule has 3 heterocycles. The van der Waals surface area contributed by atoms with Gasteiger partial charge in [-0.15, -0.1) is 10.2 Å². The monoisotopic (exact) mass is 434 g/mol. The van der Waals surface area contributed by atoms with E-state index in [-0.39, 0.29) is 17.8 Å². The first-order chi connectivity index (χ1) is 15.6. The minimum absolute atomic E-state index is 0.0410. The van der Waals surface area contributed by atoms with Gasteiger partial charge in [0, 0.05) is 50.4 Å². The number of halogens is 1. The SMILES string of the molecule is Cc1nnc2n1C[C@@H](c1cccc(C(=O)N3CCC(Oc4ccc(F)cc4)CC3)c1)CC2. The smallest absolute Gasteiger partial charge is 0.253 e. The summed E-state index contributed by atoms with van der Waals surface area (Å²) in [5, 5.41) is 8.45. The van der Waals surface area contributed by atoms with E-state index in [1.165, 1.54) is 17.7 Å². The summed E-state index contributed by atoms with van der Waals surface area (Å²) in [6.45, 7) is 4.16. The van der Waals surface area contributed by atoms with E-state index in [0.717, 1.165) is 49.4 Å². The quantitative estimate of drug-likeness (QED) is 0.619. The molecule has 32 heavy (non-hydrogen) atoms. The first-order valence-electron chi connectivity index (χ1n) is 11.3. The Labute approximate surface area is 187 Å². The summed E-state index contributed by atoms with van der Waals surface area (Å²) in [4.78, 5) is 15.1. The molecular formula is C25H27FN4O2. The van der Waals surface area contributed by atoms with Crippen LogP contribution in [0.4, 0.5) is 4.39 Å². The Kier molecular flexibility index (Phi) is 5.64. The van der Waals surface area contributed by atoms with Crippen LogP contribution in [0.5, 0.6) is 5.75 Å². The average molecular weight is 435 g/mol. The Balaban J connectivity index is 1.21. The van der Waals surface area contributed by atoms with E-state index in [1.54, 1.807) is 12.1 Å². The highest BCUT2D eigenvalue weighted by molar-refractivity contribution is 5.94. The van der Waals surface area contributed by atoms with Gasteiger partial charge in [0.2, 0.25) is 0 Å². The number of hydrogen-bond donors (Lipinski definition) is 0.